The second-order valence-corrected chi connectivity index (χ2v) is 5.99. The Hall–Kier alpha value is -1.82. The molecule has 1 aliphatic carbocycles. The van der Waals surface area contributed by atoms with Gasteiger partial charge in [0.25, 0.3) is 5.91 Å². The number of carbonyl (C=O) groups is 1. The van der Waals surface area contributed by atoms with Gasteiger partial charge in [-0.15, -0.1) is 0 Å². The van der Waals surface area contributed by atoms with Gasteiger partial charge in [0, 0.05) is 22.9 Å². The normalized spacial score (nSPS) is 14.3. The molecule has 104 valence electrons. The Morgan fingerprint density at radius 3 is 2.90 bits per heavy atom. The highest BCUT2D eigenvalue weighted by Crippen LogP contribution is 2.37. The molecule has 3 N–H and O–H groups in total. The summed E-state index contributed by atoms with van der Waals surface area (Å²) in [7, 11) is 0. The molecule has 2 aromatic rings. The molecule has 2 heterocycles. The SMILES string of the molecule is Cc1cc(Br)cnc1NC(=O)c1cc(N)cn1C1CC1. The fraction of sp³-hybridized carbons (Fsp3) is 0.286. The number of aryl methyl sites for hydroxylation is 1. The van der Waals surface area contributed by atoms with Crippen molar-refractivity contribution < 1.29 is 4.79 Å². The standard InChI is InChI=1S/C14H15BrN4O/c1-8-4-9(15)6-17-13(8)18-14(20)12-5-10(16)7-19(12)11-2-3-11/h4-7,11H,2-3,16H2,1H3,(H,17,18,20). The summed E-state index contributed by atoms with van der Waals surface area (Å²) in [6.07, 6.45) is 5.69. The second kappa shape index (κ2) is 4.94. The van der Waals surface area contributed by atoms with E-state index in [-0.39, 0.29) is 5.91 Å². The molecule has 0 aliphatic heterocycles. The van der Waals surface area contributed by atoms with Gasteiger partial charge in [0.1, 0.15) is 11.5 Å². The average molecular weight is 335 g/mol. The van der Waals surface area contributed by atoms with Crippen molar-refractivity contribution in [3.63, 3.8) is 0 Å². The van der Waals surface area contributed by atoms with Crippen LogP contribution in [-0.4, -0.2) is 15.5 Å². The quantitative estimate of drug-likeness (QED) is 0.905. The zero-order chi connectivity index (χ0) is 14.3. The highest BCUT2D eigenvalue weighted by atomic mass is 79.9. The van der Waals surface area contributed by atoms with Crippen molar-refractivity contribution in [3.8, 4) is 0 Å². The monoisotopic (exact) mass is 334 g/mol. The fourth-order valence-corrected chi connectivity index (χ4v) is 2.63. The predicted octanol–water partition coefficient (Wildman–Crippen LogP) is 3.12. The van der Waals surface area contributed by atoms with Crippen molar-refractivity contribution in [1.82, 2.24) is 9.55 Å². The van der Waals surface area contributed by atoms with E-state index in [1.54, 1.807) is 12.3 Å². The Balaban J connectivity index is 1.86. The van der Waals surface area contributed by atoms with Crippen molar-refractivity contribution in [2.75, 3.05) is 11.1 Å². The molecule has 1 fully saturated rings. The number of hydrogen-bond acceptors (Lipinski definition) is 3. The smallest absolute Gasteiger partial charge is 0.273 e. The number of pyridine rings is 1. The van der Waals surface area contributed by atoms with Gasteiger partial charge < -0.3 is 15.6 Å². The Morgan fingerprint density at radius 1 is 1.50 bits per heavy atom. The molecule has 0 saturated heterocycles. The van der Waals surface area contributed by atoms with Crippen LogP contribution in [0, 0.1) is 6.92 Å². The summed E-state index contributed by atoms with van der Waals surface area (Å²) in [4.78, 5) is 16.6. The van der Waals surface area contributed by atoms with E-state index in [1.165, 1.54) is 0 Å². The number of anilines is 2. The lowest BCUT2D eigenvalue weighted by molar-refractivity contribution is 0.101. The zero-order valence-corrected chi connectivity index (χ0v) is 12.6. The van der Waals surface area contributed by atoms with Crippen molar-refractivity contribution >= 4 is 33.3 Å². The first kappa shape index (κ1) is 13.2. The van der Waals surface area contributed by atoms with E-state index in [9.17, 15) is 4.79 Å². The molecule has 20 heavy (non-hydrogen) atoms. The van der Waals surface area contributed by atoms with E-state index in [2.05, 4.69) is 26.2 Å². The van der Waals surface area contributed by atoms with Crippen LogP contribution in [0.2, 0.25) is 0 Å². The van der Waals surface area contributed by atoms with Gasteiger partial charge in [-0.1, -0.05) is 0 Å². The lowest BCUT2D eigenvalue weighted by atomic mass is 10.3. The number of nitrogen functional groups attached to an aromatic ring is 1. The number of nitrogens with one attached hydrogen (secondary N) is 1. The van der Waals surface area contributed by atoms with Gasteiger partial charge >= 0.3 is 0 Å². The second-order valence-electron chi connectivity index (χ2n) is 5.07. The molecule has 0 bridgehead atoms. The number of rotatable bonds is 3. The molecule has 0 atom stereocenters. The molecule has 1 saturated carbocycles. The number of carbonyl (C=O) groups excluding carboxylic acids is 1. The van der Waals surface area contributed by atoms with Crippen LogP contribution in [0.4, 0.5) is 11.5 Å². The summed E-state index contributed by atoms with van der Waals surface area (Å²) in [6.45, 7) is 1.90. The van der Waals surface area contributed by atoms with Crippen LogP contribution in [0.15, 0.2) is 29.0 Å². The van der Waals surface area contributed by atoms with Crippen LogP contribution < -0.4 is 11.1 Å². The first-order valence-electron chi connectivity index (χ1n) is 6.45. The molecule has 0 radical (unpaired) electrons. The Morgan fingerprint density at radius 2 is 2.25 bits per heavy atom. The van der Waals surface area contributed by atoms with Crippen LogP contribution in [0.5, 0.6) is 0 Å². The van der Waals surface area contributed by atoms with E-state index in [4.69, 9.17) is 5.73 Å². The van der Waals surface area contributed by atoms with Gasteiger partial charge in [-0.25, -0.2) is 4.98 Å². The Kier molecular flexibility index (Phi) is 3.25. The van der Waals surface area contributed by atoms with Gasteiger partial charge in [0.05, 0.1) is 5.69 Å². The van der Waals surface area contributed by atoms with Gasteiger partial charge in [-0.2, -0.15) is 0 Å². The van der Waals surface area contributed by atoms with Crippen LogP contribution in [-0.2, 0) is 0 Å². The van der Waals surface area contributed by atoms with Crippen molar-refractivity contribution in [2.24, 2.45) is 0 Å². The van der Waals surface area contributed by atoms with E-state index in [1.807, 2.05) is 23.8 Å². The molecule has 0 unspecified atom stereocenters. The van der Waals surface area contributed by atoms with Gasteiger partial charge in [-0.3, -0.25) is 4.79 Å². The topological polar surface area (TPSA) is 72.9 Å². The number of amides is 1. The molecule has 1 aliphatic rings. The minimum Gasteiger partial charge on any atom is -0.397 e. The lowest BCUT2D eigenvalue weighted by Gasteiger charge is -2.10. The molecule has 5 nitrogen and oxygen atoms in total. The van der Waals surface area contributed by atoms with Gasteiger partial charge in [0.2, 0.25) is 0 Å². The summed E-state index contributed by atoms with van der Waals surface area (Å²) >= 11 is 3.35. The molecular formula is C14H15BrN4O. The lowest BCUT2D eigenvalue weighted by Crippen LogP contribution is -2.17. The number of hydrogen-bond donors (Lipinski definition) is 2. The van der Waals surface area contributed by atoms with Crippen LogP contribution >= 0.6 is 15.9 Å². The average Bonchev–Trinajstić information content (AvgIpc) is 3.16. The number of aromatic nitrogens is 2. The number of nitrogens with zero attached hydrogens (tertiary/aromatic N) is 2. The fourth-order valence-electron chi connectivity index (χ4n) is 2.18. The third-order valence-corrected chi connectivity index (χ3v) is 3.75. The first-order chi connectivity index (χ1) is 9.54. The molecule has 1 amide bonds. The minimum absolute atomic E-state index is 0.175. The van der Waals surface area contributed by atoms with Crippen molar-refractivity contribution in [1.29, 1.82) is 0 Å². The molecule has 0 spiro atoms. The Bertz CT molecular complexity index is 676. The van der Waals surface area contributed by atoms with E-state index < -0.39 is 0 Å². The first-order valence-corrected chi connectivity index (χ1v) is 7.25. The summed E-state index contributed by atoms with van der Waals surface area (Å²) in [5, 5.41) is 2.84. The predicted molar refractivity (Wildman–Crippen MR) is 81.7 cm³/mol. The van der Waals surface area contributed by atoms with Gasteiger partial charge in [0.15, 0.2) is 0 Å². The number of halogens is 1. The van der Waals surface area contributed by atoms with Gasteiger partial charge in [-0.05, 0) is 53.4 Å². The maximum Gasteiger partial charge on any atom is 0.273 e. The van der Waals surface area contributed by atoms with Crippen LogP contribution in [0.25, 0.3) is 0 Å². The molecule has 0 aromatic carbocycles. The third kappa shape index (κ3) is 2.56. The maximum absolute atomic E-state index is 12.4. The largest absolute Gasteiger partial charge is 0.397 e. The summed E-state index contributed by atoms with van der Waals surface area (Å²) in [5.41, 5.74) is 7.92. The van der Waals surface area contributed by atoms with E-state index in [0.717, 1.165) is 22.9 Å². The Labute approximate surface area is 125 Å². The minimum atomic E-state index is -0.175. The summed E-state index contributed by atoms with van der Waals surface area (Å²) < 4.78 is 2.84. The zero-order valence-electron chi connectivity index (χ0n) is 11.1. The maximum atomic E-state index is 12.4. The number of nitrogens with two attached hydrogens (primary N) is 1. The molecule has 6 heteroatoms. The molecule has 2 aromatic heterocycles. The summed E-state index contributed by atoms with van der Waals surface area (Å²) in [6, 6.07) is 4.03. The van der Waals surface area contributed by atoms with Crippen molar-refractivity contribution in [3.05, 3.63) is 40.3 Å². The highest BCUT2D eigenvalue weighted by Gasteiger charge is 2.27. The van der Waals surface area contributed by atoms with E-state index in [0.29, 0.717) is 23.2 Å². The van der Waals surface area contributed by atoms with E-state index >= 15 is 0 Å². The molecular weight excluding hydrogens is 320 g/mol. The van der Waals surface area contributed by atoms with Crippen molar-refractivity contribution in [2.45, 2.75) is 25.8 Å². The third-order valence-electron chi connectivity index (χ3n) is 3.32. The molecule has 3 rings (SSSR count). The van der Waals surface area contributed by atoms with Crippen LogP contribution in [0.1, 0.15) is 34.9 Å². The highest BCUT2D eigenvalue weighted by molar-refractivity contribution is 9.10. The van der Waals surface area contributed by atoms with Crippen LogP contribution in [0.3, 0.4) is 0 Å². The summed E-state index contributed by atoms with van der Waals surface area (Å²) in [5.74, 6) is 0.395.